The van der Waals surface area contributed by atoms with Crippen LogP contribution in [-0.4, -0.2) is 36.4 Å². The van der Waals surface area contributed by atoms with Crippen LogP contribution in [0.2, 0.25) is 0 Å². The highest BCUT2D eigenvalue weighted by atomic mass is 15.3. The topological polar surface area (TPSA) is 92.6 Å². The Morgan fingerprint density at radius 3 is 2.72 bits per heavy atom. The number of hydrogen-bond donors (Lipinski definition) is 1. The van der Waals surface area contributed by atoms with Crippen molar-refractivity contribution in [3.8, 4) is 0 Å². The summed E-state index contributed by atoms with van der Waals surface area (Å²) in [5.74, 6) is 2.82. The molecule has 8 nitrogen and oxygen atoms in total. The first-order chi connectivity index (χ1) is 12.3. The van der Waals surface area contributed by atoms with Gasteiger partial charge in [0.25, 0.3) is 0 Å². The van der Waals surface area contributed by atoms with Crippen molar-refractivity contribution >= 4 is 17.6 Å². The molecule has 1 aliphatic rings. The SMILES string of the molecule is Cc1nc(Nc2cnccn2)cc([C@@H]2CCCN2c2ncccn2)n1. The quantitative estimate of drug-likeness (QED) is 0.778. The van der Waals surface area contributed by atoms with Crippen molar-refractivity contribution in [1.82, 2.24) is 29.9 Å². The van der Waals surface area contributed by atoms with Crippen molar-refractivity contribution in [3.05, 3.63) is 54.6 Å². The largest absolute Gasteiger partial charge is 0.332 e. The van der Waals surface area contributed by atoms with Gasteiger partial charge in [0.2, 0.25) is 5.95 Å². The maximum atomic E-state index is 4.65. The Hall–Kier alpha value is -3.16. The molecule has 25 heavy (non-hydrogen) atoms. The first-order valence-corrected chi connectivity index (χ1v) is 8.22. The van der Waals surface area contributed by atoms with E-state index in [1.54, 1.807) is 31.0 Å². The summed E-state index contributed by atoms with van der Waals surface area (Å²) in [5, 5.41) is 3.19. The van der Waals surface area contributed by atoms with E-state index in [1.165, 1.54) is 0 Å². The molecule has 4 heterocycles. The highest BCUT2D eigenvalue weighted by molar-refractivity contribution is 5.51. The lowest BCUT2D eigenvalue weighted by Gasteiger charge is -2.24. The average Bonchev–Trinajstić information content (AvgIpc) is 3.13. The molecule has 3 aromatic heterocycles. The molecule has 1 aliphatic heterocycles. The maximum absolute atomic E-state index is 4.65. The molecule has 1 fully saturated rings. The number of anilines is 3. The van der Waals surface area contributed by atoms with Crippen LogP contribution in [-0.2, 0) is 0 Å². The fourth-order valence-electron chi connectivity index (χ4n) is 3.07. The molecule has 126 valence electrons. The molecule has 0 unspecified atom stereocenters. The Morgan fingerprint density at radius 1 is 1.04 bits per heavy atom. The van der Waals surface area contributed by atoms with Crippen LogP contribution in [0.25, 0.3) is 0 Å². The molecule has 1 N–H and O–H groups in total. The average molecular weight is 334 g/mol. The third-order valence-corrected chi connectivity index (χ3v) is 4.08. The molecular formula is C17H18N8. The van der Waals surface area contributed by atoms with Gasteiger partial charge in [-0.3, -0.25) is 4.98 Å². The fraction of sp³-hybridized carbons (Fsp3) is 0.294. The summed E-state index contributed by atoms with van der Waals surface area (Å²) >= 11 is 0. The summed E-state index contributed by atoms with van der Waals surface area (Å²) in [6.07, 6.45) is 10.6. The normalized spacial score (nSPS) is 16.8. The van der Waals surface area contributed by atoms with E-state index in [9.17, 15) is 0 Å². The van der Waals surface area contributed by atoms with Crippen LogP contribution in [0.15, 0.2) is 43.1 Å². The van der Waals surface area contributed by atoms with E-state index in [0.717, 1.165) is 31.0 Å². The molecule has 0 radical (unpaired) electrons. The lowest BCUT2D eigenvalue weighted by molar-refractivity contribution is 0.673. The van der Waals surface area contributed by atoms with Crippen LogP contribution in [0.3, 0.4) is 0 Å². The van der Waals surface area contributed by atoms with Crippen molar-refractivity contribution in [1.29, 1.82) is 0 Å². The molecule has 0 spiro atoms. The first kappa shape index (κ1) is 15.4. The number of aryl methyl sites for hydroxylation is 1. The van der Waals surface area contributed by atoms with Gasteiger partial charge < -0.3 is 10.2 Å². The monoisotopic (exact) mass is 334 g/mol. The van der Waals surface area contributed by atoms with Crippen LogP contribution in [0, 0.1) is 6.92 Å². The van der Waals surface area contributed by atoms with Crippen LogP contribution in [0.1, 0.15) is 30.4 Å². The molecule has 0 saturated carbocycles. The van der Waals surface area contributed by atoms with Gasteiger partial charge in [-0.05, 0) is 25.8 Å². The molecule has 1 saturated heterocycles. The fourth-order valence-corrected chi connectivity index (χ4v) is 3.07. The van der Waals surface area contributed by atoms with Crippen molar-refractivity contribution < 1.29 is 0 Å². The van der Waals surface area contributed by atoms with Crippen molar-refractivity contribution in [2.24, 2.45) is 0 Å². The Morgan fingerprint density at radius 2 is 1.92 bits per heavy atom. The summed E-state index contributed by atoms with van der Waals surface area (Å²) in [4.78, 5) is 28.4. The smallest absolute Gasteiger partial charge is 0.225 e. The predicted octanol–water partition coefficient (Wildman–Crippen LogP) is 2.45. The predicted molar refractivity (Wildman–Crippen MR) is 93.4 cm³/mol. The van der Waals surface area contributed by atoms with Gasteiger partial charge in [-0.1, -0.05) is 0 Å². The molecule has 3 aromatic rings. The van der Waals surface area contributed by atoms with E-state index >= 15 is 0 Å². The number of hydrogen-bond acceptors (Lipinski definition) is 8. The second kappa shape index (κ2) is 6.76. The highest BCUT2D eigenvalue weighted by Crippen LogP contribution is 2.34. The van der Waals surface area contributed by atoms with Gasteiger partial charge in [0, 0.05) is 37.4 Å². The summed E-state index contributed by atoms with van der Waals surface area (Å²) in [5.41, 5.74) is 0.962. The van der Waals surface area contributed by atoms with Crippen molar-refractivity contribution in [2.45, 2.75) is 25.8 Å². The van der Waals surface area contributed by atoms with E-state index < -0.39 is 0 Å². The molecule has 0 aliphatic carbocycles. The molecule has 4 rings (SSSR count). The van der Waals surface area contributed by atoms with Crippen molar-refractivity contribution in [2.75, 3.05) is 16.8 Å². The maximum Gasteiger partial charge on any atom is 0.225 e. The summed E-state index contributed by atoms with van der Waals surface area (Å²) in [7, 11) is 0. The summed E-state index contributed by atoms with van der Waals surface area (Å²) < 4.78 is 0. The van der Waals surface area contributed by atoms with Crippen LogP contribution < -0.4 is 10.2 Å². The Bertz CT molecular complexity index is 840. The molecule has 0 bridgehead atoms. The third-order valence-electron chi connectivity index (χ3n) is 4.08. The minimum Gasteiger partial charge on any atom is -0.332 e. The van der Waals surface area contributed by atoms with Gasteiger partial charge in [-0.15, -0.1) is 0 Å². The minimum atomic E-state index is 0.145. The lowest BCUT2D eigenvalue weighted by Crippen LogP contribution is -2.25. The lowest BCUT2D eigenvalue weighted by atomic mass is 10.1. The number of nitrogens with one attached hydrogen (secondary N) is 1. The van der Waals surface area contributed by atoms with E-state index in [0.29, 0.717) is 17.5 Å². The van der Waals surface area contributed by atoms with Gasteiger partial charge in [0.05, 0.1) is 17.9 Å². The van der Waals surface area contributed by atoms with E-state index in [1.807, 2.05) is 19.1 Å². The van der Waals surface area contributed by atoms with Gasteiger partial charge in [0.15, 0.2) is 0 Å². The zero-order chi connectivity index (χ0) is 17.1. The zero-order valence-corrected chi connectivity index (χ0v) is 13.9. The zero-order valence-electron chi connectivity index (χ0n) is 13.9. The van der Waals surface area contributed by atoms with Crippen LogP contribution in [0.5, 0.6) is 0 Å². The second-order valence-electron chi connectivity index (χ2n) is 5.84. The summed E-state index contributed by atoms with van der Waals surface area (Å²) in [6.45, 7) is 2.81. The molecule has 8 heteroatoms. The van der Waals surface area contributed by atoms with Crippen LogP contribution >= 0.6 is 0 Å². The Kier molecular flexibility index (Phi) is 4.16. The third kappa shape index (κ3) is 3.37. The van der Waals surface area contributed by atoms with Gasteiger partial charge in [-0.25, -0.2) is 24.9 Å². The standard InChI is InChI=1S/C17H18N8/c1-12-22-13(10-15(23-12)24-16-11-18-7-8-19-16)14-4-2-9-25(14)17-20-5-3-6-21-17/h3,5-8,10-11,14H,2,4,9H2,1H3,(H,19,22,23,24)/t14-/m0/s1. The van der Waals surface area contributed by atoms with Gasteiger partial charge in [0.1, 0.15) is 17.5 Å². The number of rotatable bonds is 4. The first-order valence-electron chi connectivity index (χ1n) is 8.22. The van der Waals surface area contributed by atoms with E-state index in [4.69, 9.17) is 0 Å². The number of aromatic nitrogens is 6. The Labute approximate surface area is 145 Å². The second-order valence-corrected chi connectivity index (χ2v) is 5.84. The Balaban J connectivity index is 1.63. The molecule has 0 amide bonds. The summed E-state index contributed by atoms with van der Waals surface area (Å²) in [6, 6.07) is 3.94. The number of nitrogens with zero attached hydrogens (tertiary/aromatic N) is 7. The van der Waals surface area contributed by atoms with E-state index in [2.05, 4.69) is 40.1 Å². The van der Waals surface area contributed by atoms with Crippen LogP contribution in [0.4, 0.5) is 17.6 Å². The molecule has 1 atom stereocenters. The van der Waals surface area contributed by atoms with Crippen molar-refractivity contribution in [3.63, 3.8) is 0 Å². The molecular weight excluding hydrogens is 316 g/mol. The van der Waals surface area contributed by atoms with Gasteiger partial charge in [-0.2, -0.15) is 0 Å². The minimum absolute atomic E-state index is 0.145. The molecule has 0 aromatic carbocycles. The van der Waals surface area contributed by atoms with Gasteiger partial charge >= 0.3 is 0 Å². The van der Waals surface area contributed by atoms with E-state index in [-0.39, 0.29) is 6.04 Å². The highest BCUT2D eigenvalue weighted by Gasteiger charge is 2.29.